The van der Waals surface area contributed by atoms with Crippen molar-refractivity contribution in [2.75, 3.05) is 0 Å². The molecular formula is C15H26O. The van der Waals surface area contributed by atoms with Crippen molar-refractivity contribution in [3.63, 3.8) is 0 Å². The van der Waals surface area contributed by atoms with Crippen molar-refractivity contribution in [3.8, 4) is 0 Å². The van der Waals surface area contributed by atoms with Crippen molar-refractivity contribution < 1.29 is 5.11 Å². The zero-order chi connectivity index (χ0) is 12.2. The summed E-state index contributed by atoms with van der Waals surface area (Å²) in [5, 5.41) is 10.2. The third-order valence-electron chi connectivity index (χ3n) is 4.06. The van der Waals surface area contributed by atoms with E-state index >= 15 is 0 Å². The summed E-state index contributed by atoms with van der Waals surface area (Å²) in [5.41, 5.74) is 1.43. The summed E-state index contributed by atoms with van der Waals surface area (Å²) in [6, 6.07) is 0. The van der Waals surface area contributed by atoms with Crippen molar-refractivity contribution >= 4 is 0 Å². The Balaban J connectivity index is 2.89. The maximum Gasteiger partial charge on any atom is 0.0576 e. The smallest absolute Gasteiger partial charge is 0.0576 e. The summed E-state index contributed by atoms with van der Waals surface area (Å²) < 4.78 is 0. The monoisotopic (exact) mass is 222 g/mol. The van der Waals surface area contributed by atoms with Crippen LogP contribution in [0, 0.1) is 11.3 Å². The van der Waals surface area contributed by atoms with Gasteiger partial charge < -0.3 is 5.11 Å². The van der Waals surface area contributed by atoms with E-state index in [9.17, 15) is 5.11 Å². The zero-order valence-corrected chi connectivity index (χ0v) is 11.2. The molecule has 1 aliphatic rings. The van der Waals surface area contributed by atoms with E-state index in [0.717, 1.165) is 12.8 Å². The first-order chi connectivity index (χ1) is 7.54. The Morgan fingerprint density at radius 2 is 1.81 bits per heavy atom. The average molecular weight is 222 g/mol. The number of rotatable bonds is 3. The standard InChI is InChI=1S/C15H26O/c1-5-9-12(6-2)15(3,4)13-10-7-8-11-14(13)16/h5-6,9,13-14,16H,7-8,10-11H2,1-4H3/b9-5-,12-6+/t13-,14?/m1/s1. The van der Waals surface area contributed by atoms with Crippen LogP contribution in [0.2, 0.25) is 0 Å². The largest absolute Gasteiger partial charge is 0.393 e. The van der Waals surface area contributed by atoms with E-state index < -0.39 is 0 Å². The van der Waals surface area contributed by atoms with Gasteiger partial charge in [0.1, 0.15) is 0 Å². The lowest BCUT2D eigenvalue weighted by atomic mass is 9.65. The van der Waals surface area contributed by atoms with Crippen molar-refractivity contribution in [1.29, 1.82) is 0 Å². The van der Waals surface area contributed by atoms with Crippen LogP contribution in [0.3, 0.4) is 0 Å². The summed E-state index contributed by atoms with van der Waals surface area (Å²) in [4.78, 5) is 0. The van der Waals surface area contributed by atoms with E-state index in [0.29, 0.717) is 5.92 Å². The lowest BCUT2D eigenvalue weighted by Crippen LogP contribution is -2.37. The molecule has 0 aromatic carbocycles. The molecule has 1 rings (SSSR count). The molecule has 0 aromatic heterocycles. The first-order valence-corrected chi connectivity index (χ1v) is 6.51. The summed E-state index contributed by atoms with van der Waals surface area (Å²) >= 11 is 0. The minimum Gasteiger partial charge on any atom is -0.393 e. The molecule has 1 fully saturated rings. The SMILES string of the molecule is C/C=C\C(=C/C)C(C)(C)[C@@H]1CCCCC1O. The van der Waals surface area contributed by atoms with E-state index in [4.69, 9.17) is 0 Å². The molecule has 0 saturated heterocycles. The van der Waals surface area contributed by atoms with E-state index in [2.05, 4.69) is 45.9 Å². The number of allylic oxidation sites excluding steroid dienone is 4. The summed E-state index contributed by atoms with van der Waals surface area (Å²) in [6.07, 6.45) is 10.9. The summed E-state index contributed by atoms with van der Waals surface area (Å²) in [7, 11) is 0. The van der Waals surface area contributed by atoms with Gasteiger partial charge in [0.25, 0.3) is 0 Å². The van der Waals surface area contributed by atoms with E-state index in [-0.39, 0.29) is 11.5 Å². The first kappa shape index (κ1) is 13.5. The molecule has 0 bridgehead atoms. The molecular weight excluding hydrogens is 196 g/mol. The van der Waals surface area contributed by atoms with Crippen molar-refractivity contribution in [3.05, 3.63) is 23.8 Å². The molecule has 1 N–H and O–H groups in total. The molecule has 1 unspecified atom stereocenters. The Bertz CT molecular complexity index is 273. The van der Waals surface area contributed by atoms with Crippen LogP contribution in [-0.4, -0.2) is 11.2 Å². The van der Waals surface area contributed by atoms with Gasteiger partial charge in [-0.05, 0) is 43.6 Å². The molecule has 0 amide bonds. The van der Waals surface area contributed by atoms with Crippen LogP contribution in [0.4, 0.5) is 0 Å². The Kier molecular flexibility index (Phi) is 4.79. The van der Waals surface area contributed by atoms with Gasteiger partial charge in [0, 0.05) is 0 Å². The summed E-state index contributed by atoms with van der Waals surface area (Å²) in [6.45, 7) is 8.67. The second kappa shape index (κ2) is 5.67. The van der Waals surface area contributed by atoms with Crippen molar-refractivity contribution in [2.24, 2.45) is 11.3 Å². The summed E-state index contributed by atoms with van der Waals surface area (Å²) in [5.74, 6) is 0.406. The van der Waals surface area contributed by atoms with E-state index in [1.54, 1.807) is 0 Å². The Morgan fingerprint density at radius 3 is 2.31 bits per heavy atom. The van der Waals surface area contributed by atoms with E-state index in [1.807, 2.05) is 0 Å². The van der Waals surface area contributed by atoms with Gasteiger partial charge in [-0.2, -0.15) is 0 Å². The van der Waals surface area contributed by atoms with Crippen LogP contribution < -0.4 is 0 Å². The number of hydrogen-bond acceptors (Lipinski definition) is 1. The predicted octanol–water partition coefficient (Wildman–Crippen LogP) is 4.09. The fourth-order valence-corrected chi connectivity index (χ4v) is 3.03. The van der Waals surface area contributed by atoms with Gasteiger partial charge in [-0.15, -0.1) is 0 Å². The molecule has 2 atom stereocenters. The number of hydrogen-bond donors (Lipinski definition) is 1. The van der Waals surface area contributed by atoms with Crippen molar-refractivity contribution in [1.82, 2.24) is 0 Å². The Labute approximate surface area is 100 Å². The molecule has 1 nitrogen and oxygen atoms in total. The molecule has 0 heterocycles. The Hall–Kier alpha value is -0.560. The lowest BCUT2D eigenvalue weighted by molar-refractivity contribution is 0.0185. The molecule has 16 heavy (non-hydrogen) atoms. The highest BCUT2D eigenvalue weighted by Crippen LogP contribution is 2.43. The molecule has 0 radical (unpaired) electrons. The highest BCUT2D eigenvalue weighted by atomic mass is 16.3. The predicted molar refractivity (Wildman–Crippen MR) is 70.3 cm³/mol. The van der Waals surface area contributed by atoms with Crippen LogP contribution in [0.5, 0.6) is 0 Å². The molecule has 92 valence electrons. The minimum atomic E-state index is -0.121. The van der Waals surface area contributed by atoms with Gasteiger partial charge in [0.15, 0.2) is 0 Å². The third-order valence-corrected chi connectivity index (χ3v) is 4.06. The van der Waals surface area contributed by atoms with Gasteiger partial charge >= 0.3 is 0 Å². The van der Waals surface area contributed by atoms with Gasteiger partial charge in [0.05, 0.1) is 6.10 Å². The van der Waals surface area contributed by atoms with Gasteiger partial charge in [0.2, 0.25) is 0 Å². The quantitative estimate of drug-likeness (QED) is 0.713. The minimum absolute atomic E-state index is 0.0844. The maximum atomic E-state index is 10.2. The lowest BCUT2D eigenvalue weighted by Gasteiger charge is -2.41. The van der Waals surface area contributed by atoms with Crippen molar-refractivity contribution in [2.45, 2.75) is 59.5 Å². The van der Waals surface area contributed by atoms with Gasteiger partial charge in [-0.1, -0.05) is 44.9 Å². The molecule has 0 aliphatic heterocycles. The fourth-order valence-electron chi connectivity index (χ4n) is 3.03. The average Bonchev–Trinajstić information content (AvgIpc) is 2.26. The fraction of sp³-hybridized carbons (Fsp3) is 0.733. The number of aliphatic hydroxyl groups is 1. The highest BCUT2D eigenvalue weighted by molar-refractivity contribution is 5.26. The van der Waals surface area contributed by atoms with Crippen LogP contribution in [0.15, 0.2) is 23.8 Å². The molecule has 1 heteroatoms. The normalized spacial score (nSPS) is 28.7. The molecule has 0 aromatic rings. The van der Waals surface area contributed by atoms with E-state index in [1.165, 1.54) is 18.4 Å². The van der Waals surface area contributed by atoms with Crippen LogP contribution >= 0.6 is 0 Å². The zero-order valence-electron chi connectivity index (χ0n) is 11.2. The topological polar surface area (TPSA) is 20.2 Å². The van der Waals surface area contributed by atoms with Crippen LogP contribution in [0.25, 0.3) is 0 Å². The number of aliphatic hydroxyl groups excluding tert-OH is 1. The molecule has 1 saturated carbocycles. The maximum absolute atomic E-state index is 10.2. The second-order valence-corrected chi connectivity index (χ2v) is 5.42. The second-order valence-electron chi connectivity index (χ2n) is 5.42. The van der Waals surface area contributed by atoms with Crippen LogP contribution in [0.1, 0.15) is 53.4 Å². The van der Waals surface area contributed by atoms with Crippen LogP contribution in [-0.2, 0) is 0 Å². The molecule has 0 spiro atoms. The molecule has 1 aliphatic carbocycles. The highest BCUT2D eigenvalue weighted by Gasteiger charge is 2.37. The van der Waals surface area contributed by atoms with Gasteiger partial charge in [-0.3, -0.25) is 0 Å². The Morgan fingerprint density at radius 1 is 1.19 bits per heavy atom. The van der Waals surface area contributed by atoms with Gasteiger partial charge in [-0.25, -0.2) is 0 Å². The third kappa shape index (κ3) is 2.76. The first-order valence-electron chi connectivity index (χ1n) is 6.51.